The Morgan fingerprint density at radius 3 is 2.38 bits per heavy atom. The number of nitrogens with zero attached hydrogens (tertiary/aromatic N) is 1. The molecule has 3 amide bonds. The van der Waals surface area contributed by atoms with Crippen molar-refractivity contribution in [2.24, 2.45) is 0 Å². The molecule has 2 atom stereocenters. The molecule has 0 aliphatic heterocycles. The molecule has 0 saturated carbocycles. The van der Waals surface area contributed by atoms with Crippen LogP contribution in [0.3, 0.4) is 0 Å². The van der Waals surface area contributed by atoms with Crippen LogP contribution in [0.5, 0.6) is 0 Å². The Balaban J connectivity index is 1.98. The molecule has 0 aliphatic carbocycles. The number of carbonyl (C=O) groups is 3. The summed E-state index contributed by atoms with van der Waals surface area (Å²) in [4.78, 5) is 41.6. The summed E-state index contributed by atoms with van der Waals surface area (Å²) in [5.41, 5.74) is 6.58. The van der Waals surface area contributed by atoms with E-state index in [0.717, 1.165) is 11.1 Å². The fraction of sp³-hybridized carbons (Fsp3) is 0.360. The van der Waals surface area contributed by atoms with E-state index in [4.69, 9.17) is 10.5 Å². The first-order chi connectivity index (χ1) is 16.0. The zero-order valence-electron chi connectivity index (χ0n) is 20.0. The third-order valence-corrected chi connectivity index (χ3v) is 4.56. The van der Waals surface area contributed by atoms with Crippen molar-refractivity contribution < 1.29 is 19.1 Å². The number of alkyl carbamates (subject to hydrolysis) is 1. The van der Waals surface area contributed by atoms with E-state index in [9.17, 15) is 14.4 Å². The van der Waals surface area contributed by atoms with E-state index in [-0.39, 0.29) is 18.9 Å². The van der Waals surface area contributed by atoms with Gasteiger partial charge in [-0.15, -0.1) is 0 Å². The minimum atomic E-state index is -0.925. The summed E-state index contributed by atoms with van der Waals surface area (Å²) in [6.45, 7) is 7.02. The number of pyridine rings is 1. The molecule has 1 aromatic carbocycles. The van der Waals surface area contributed by atoms with Crippen LogP contribution in [0.2, 0.25) is 0 Å². The number of nitrogens with one attached hydrogen (secondary N) is 3. The molecule has 0 spiro atoms. The van der Waals surface area contributed by atoms with Gasteiger partial charge < -0.3 is 26.4 Å². The van der Waals surface area contributed by atoms with Gasteiger partial charge in [0.1, 0.15) is 23.5 Å². The van der Waals surface area contributed by atoms with Gasteiger partial charge in [-0.05, 0) is 51.3 Å². The molecule has 1 heterocycles. The largest absolute Gasteiger partial charge is 0.444 e. The molecule has 0 saturated heterocycles. The molecule has 2 aromatic rings. The van der Waals surface area contributed by atoms with E-state index in [2.05, 4.69) is 20.9 Å². The lowest BCUT2D eigenvalue weighted by Crippen LogP contribution is -2.53. The number of hydrogen-bond donors (Lipinski definition) is 4. The van der Waals surface area contributed by atoms with Crippen molar-refractivity contribution in [1.82, 2.24) is 20.9 Å². The van der Waals surface area contributed by atoms with E-state index in [1.165, 1.54) is 0 Å². The van der Waals surface area contributed by atoms with Gasteiger partial charge >= 0.3 is 6.09 Å². The molecular weight excluding hydrogens is 434 g/mol. The van der Waals surface area contributed by atoms with Crippen LogP contribution in [0.15, 0.2) is 54.7 Å². The number of aromatic nitrogens is 1. The van der Waals surface area contributed by atoms with Gasteiger partial charge in [0.25, 0.3) is 0 Å². The van der Waals surface area contributed by atoms with Crippen molar-refractivity contribution in [2.75, 3.05) is 5.73 Å². The van der Waals surface area contributed by atoms with Crippen molar-refractivity contribution in [2.45, 2.75) is 58.3 Å². The highest BCUT2D eigenvalue weighted by Crippen LogP contribution is 2.09. The van der Waals surface area contributed by atoms with Crippen LogP contribution in [0.25, 0.3) is 6.08 Å². The Kier molecular flexibility index (Phi) is 9.61. The first-order valence-electron chi connectivity index (χ1n) is 11.0. The number of rotatable bonds is 9. The van der Waals surface area contributed by atoms with Crippen molar-refractivity contribution >= 4 is 29.8 Å². The minimum absolute atomic E-state index is 0.214. The van der Waals surface area contributed by atoms with Gasteiger partial charge in [0.05, 0.1) is 0 Å². The highest BCUT2D eigenvalue weighted by atomic mass is 16.6. The Bertz CT molecular complexity index is 985. The van der Waals surface area contributed by atoms with Crippen LogP contribution in [-0.2, 0) is 20.9 Å². The third-order valence-electron chi connectivity index (χ3n) is 4.56. The number of carbonyl (C=O) groups excluding carboxylic acids is 3. The van der Waals surface area contributed by atoms with Gasteiger partial charge in [0, 0.05) is 12.7 Å². The van der Waals surface area contributed by atoms with Crippen molar-refractivity contribution in [3.8, 4) is 0 Å². The second-order valence-corrected chi connectivity index (χ2v) is 8.79. The molecule has 0 aliphatic rings. The van der Waals surface area contributed by atoms with Gasteiger partial charge in [-0.1, -0.05) is 48.6 Å². The van der Waals surface area contributed by atoms with Gasteiger partial charge in [-0.25, -0.2) is 9.78 Å². The molecule has 2 rings (SSSR count). The SMILES string of the molecule is C[C@H](NC(=O)[C@@H](C/C=C/c1ccccc1)NC(=O)OC(C)(C)C)C(=O)NCc1ccc(N)nc1. The molecule has 1 aromatic heterocycles. The second kappa shape index (κ2) is 12.4. The second-order valence-electron chi connectivity index (χ2n) is 8.79. The molecular formula is C25H33N5O4. The quantitative estimate of drug-likeness (QED) is 0.448. The first kappa shape index (κ1) is 26.4. The number of anilines is 1. The summed E-state index contributed by atoms with van der Waals surface area (Å²) in [5.74, 6) is -0.484. The standard InChI is InChI=1S/C25H33N5O4/c1-17(22(31)28-16-19-13-14-21(26)27-15-19)29-23(32)20(30-24(33)34-25(2,3)4)12-8-11-18-9-6-5-7-10-18/h5-11,13-15,17,20H,12,16H2,1-4H3,(H2,26,27)(H,28,31)(H,29,32)(H,30,33)/b11-8+/t17-,20+/m0/s1. The van der Waals surface area contributed by atoms with Gasteiger partial charge in [0.2, 0.25) is 11.8 Å². The highest BCUT2D eigenvalue weighted by molar-refractivity contribution is 5.91. The van der Waals surface area contributed by atoms with Gasteiger partial charge in [-0.3, -0.25) is 9.59 Å². The van der Waals surface area contributed by atoms with E-state index < -0.39 is 29.7 Å². The Morgan fingerprint density at radius 2 is 1.76 bits per heavy atom. The predicted octanol–water partition coefficient (Wildman–Crippen LogP) is 2.78. The maximum absolute atomic E-state index is 12.9. The van der Waals surface area contributed by atoms with E-state index >= 15 is 0 Å². The normalized spacial score (nSPS) is 13.1. The van der Waals surface area contributed by atoms with Crippen molar-refractivity contribution in [1.29, 1.82) is 0 Å². The Morgan fingerprint density at radius 1 is 1.06 bits per heavy atom. The summed E-state index contributed by atoms with van der Waals surface area (Å²) in [5, 5.41) is 7.98. The summed E-state index contributed by atoms with van der Waals surface area (Å²) in [6.07, 6.45) is 4.71. The smallest absolute Gasteiger partial charge is 0.408 e. The van der Waals surface area contributed by atoms with Crippen LogP contribution in [0.1, 0.15) is 45.2 Å². The Labute approximate surface area is 200 Å². The number of benzene rings is 1. The molecule has 0 fully saturated rings. The van der Waals surface area contributed by atoms with Crippen LogP contribution in [0, 0.1) is 0 Å². The summed E-state index contributed by atoms with van der Waals surface area (Å²) < 4.78 is 5.28. The fourth-order valence-corrected chi connectivity index (χ4v) is 2.85. The van der Waals surface area contributed by atoms with Crippen molar-refractivity contribution in [3.63, 3.8) is 0 Å². The van der Waals surface area contributed by atoms with Crippen LogP contribution in [-0.4, -0.2) is 40.6 Å². The predicted molar refractivity (Wildman–Crippen MR) is 131 cm³/mol. The average Bonchev–Trinajstić information content (AvgIpc) is 2.77. The maximum Gasteiger partial charge on any atom is 0.408 e. The number of nitrogens with two attached hydrogens (primary N) is 1. The fourth-order valence-electron chi connectivity index (χ4n) is 2.85. The van der Waals surface area contributed by atoms with E-state index in [0.29, 0.717) is 5.82 Å². The number of ether oxygens (including phenoxy) is 1. The topological polar surface area (TPSA) is 135 Å². The molecule has 9 heteroatoms. The zero-order valence-corrected chi connectivity index (χ0v) is 20.0. The average molecular weight is 468 g/mol. The lowest BCUT2D eigenvalue weighted by Gasteiger charge is -2.24. The molecule has 0 bridgehead atoms. The summed E-state index contributed by atoms with van der Waals surface area (Å²) in [6, 6.07) is 11.2. The van der Waals surface area contributed by atoms with E-state index in [1.807, 2.05) is 36.4 Å². The minimum Gasteiger partial charge on any atom is -0.444 e. The van der Waals surface area contributed by atoms with E-state index in [1.54, 1.807) is 52.1 Å². The summed E-state index contributed by atoms with van der Waals surface area (Å²) in [7, 11) is 0. The van der Waals surface area contributed by atoms with Crippen LogP contribution in [0.4, 0.5) is 10.6 Å². The lowest BCUT2D eigenvalue weighted by atomic mass is 10.1. The van der Waals surface area contributed by atoms with Gasteiger partial charge in [0.15, 0.2) is 0 Å². The van der Waals surface area contributed by atoms with Crippen molar-refractivity contribution in [3.05, 3.63) is 65.9 Å². The highest BCUT2D eigenvalue weighted by Gasteiger charge is 2.26. The molecule has 9 nitrogen and oxygen atoms in total. The molecule has 5 N–H and O–H groups in total. The first-order valence-corrected chi connectivity index (χ1v) is 11.0. The number of nitrogen functional groups attached to an aromatic ring is 1. The molecule has 182 valence electrons. The zero-order chi connectivity index (χ0) is 25.1. The monoisotopic (exact) mass is 467 g/mol. The summed E-state index contributed by atoms with van der Waals surface area (Å²) >= 11 is 0. The number of amides is 3. The van der Waals surface area contributed by atoms with Crippen LogP contribution < -0.4 is 21.7 Å². The van der Waals surface area contributed by atoms with Crippen LogP contribution >= 0.6 is 0 Å². The lowest BCUT2D eigenvalue weighted by molar-refractivity contribution is -0.129. The number of hydrogen-bond acceptors (Lipinski definition) is 6. The molecule has 34 heavy (non-hydrogen) atoms. The van der Waals surface area contributed by atoms with Gasteiger partial charge in [-0.2, -0.15) is 0 Å². The Hall–Kier alpha value is -3.88. The molecule has 0 radical (unpaired) electrons. The maximum atomic E-state index is 12.9. The molecule has 0 unspecified atom stereocenters. The third kappa shape index (κ3) is 9.72.